The third kappa shape index (κ3) is 14.2. The molecular formula is C36H50F3N3O11S. The van der Waals surface area contributed by atoms with Gasteiger partial charge in [0.05, 0.1) is 0 Å². The van der Waals surface area contributed by atoms with E-state index in [1.807, 2.05) is 0 Å². The van der Waals surface area contributed by atoms with Crippen LogP contribution < -0.4 is 29.6 Å². The van der Waals surface area contributed by atoms with E-state index >= 15 is 0 Å². The van der Waals surface area contributed by atoms with Gasteiger partial charge in [0.1, 0.15) is 47.8 Å². The summed E-state index contributed by atoms with van der Waals surface area (Å²) in [4.78, 5) is 53.0. The van der Waals surface area contributed by atoms with Crippen molar-refractivity contribution in [3.05, 3.63) is 54.1 Å². The molecule has 2 rings (SSSR count). The molecule has 0 radical (unpaired) electrons. The second kappa shape index (κ2) is 18.1. The summed E-state index contributed by atoms with van der Waals surface area (Å²) in [5.41, 5.74) is -8.68. The van der Waals surface area contributed by atoms with Gasteiger partial charge in [-0.2, -0.15) is 21.6 Å². The summed E-state index contributed by atoms with van der Waals surface area (Å²) in [5, 5.41) is 7.49. The second-order valence-electron chi connectivity index (χ2n) is 14.7. The molecule has 0 fully saturated rings. The number of amides is 3. The van der Waals surface area contributed by atoms with Crippen molar-refractivity contribution in [1.29, 1.82) is 0 Å². The molecule has 0 aliphatic heterocycles. The molecule has 0 aromatic heterocycles. The van der Waals surface area contributed by atoms with E-state index in [9.17, 15) is 40.8 Å². The predicted molar refractivity (Wildman–Crippen MR) is 191 cm³/mol. The summed E-state index contributed by atoms with van der Waals surface area (Å²) in [6, 6.07) is 8.67. The van der Waals surface area contributed by atoms with Gasteiger partial charge in [0.15, 0.2) is 11.5 Å². The average molecular weight is 790 g/mol. The number of rotatable bonds is 16. The number of hydrogen-bond donors (Lipinski definition) is 3. The van der Waals surface area contributed by atoms with Crippen LogP contribution in [0.5, 0.6) is 17.2 Å². The van der Waals surface area contributed by atoms with Crippen molar-refractivity contribution in [2.75, 3.05) is 6.54 Å². The zero-order valence-corrected chi connectivity index (χ0v) is 32.8. The highest BCUT2D eigenvalue weighted by Gasteiger charge is 2.49. The summed E-state index contributed by atoms with van der Waals surface area (Å²) >= 11 is 0. The Balaban J connectivity index is 2.64. The topological polar surface area (TPSA) is 185 Å². The number of alkyl carbamates (subject to hydrolysis) is 1. The first-order valence-corrected chi connectivity index (χ1v) is 18.4. The molecule has 2 aromatic rings. The minimum Gasteiger partial charge on any atom is -0.485 e. The van der Waals surface area contributed by atoms with Crippen molar-refractivity contribution < 1.29 is 63.9 Å². The molecular weight excluding hydrogens is 739 g/mol. The maximum absolute atomic E-state index is 13.9. The third-order valence-electron chi connectivity index (χ3n) is 7.29. The highest BCUT2D eigenvalue weighted by Crippen LogP contribution is 2.38. The monoisotopic (exact) mass is 789 g/mol. The van der Waals surface area contributed by atoms with Gasteiger partial charge in [-0.25, -0.2) is 4.79 Å². The Labute approximate surface area is 313 Å². The van der Waals surface area contributed by atoms with Gasteiger partial charge in [-0.3, -0.25) is 14.4 Å². The first-order chi connectivity index (χ1) is 24.7. The Kier molecular flexibility index (Phi) is 15.2. The zero-order valence-electron chi connectivity index (χ0n) is 32.0. The van der Waals surface area contributed by atoms with Crippen molar-refractivity contribution in [2.45, 2.75) is 117 Å². The summed E-state index contributed by atoms with van der Waals surface area (Å²) in [7, 11) is -6.10. The van der Waals surface area contributed by atoms with E-state index in [4.69, 9.17) is 18.9 Å². The Morgan fingerprint density at radius 3 is 1.91 bits per heavy atom. The summed E-state index contributed by atoms with van der Waals surface area (Å²) < 4.78 is 90.6. The Morgan fingerprint density at radius 1 is 0.796 bits per heavy atom. The fourth-order valence-corrected chi connectivity index (χ4v) is 5.02. The van der Waals surface area contributed by atoms with Gasteiger partial charge in [0, 0.05) is 6.07 Å². The fraction of sp³-hybridized carbons (Fsp3) is 0.556. The first kappa shape index (κ1) is 45.4. The highest BCUT2D eigenvalue weighted by molar-refractivity contribution is 7.88. The van der Waals surface area contributed by atoms with Crippen LogP contribution in [-0.4, -0.2) is 73.2 Å². The number of hydrogen-bond acceptors (Lipinski definition) is 11. The highest BCUT2D eigenvalue weighted by atomic mass is 32.2. The van der Waals surface area contributed by atoms with E-state index in [2.05, 4.69) is 20.1 Å². The van der Waals surface area contributed by atoms with Gasteiger partial charge in [-0.15, -0.1) is 0 Å². The van der Waals surface area contributed by atoms with Gasteiger partial charge in [0.25, 0.3) is 0 Å². The van der Waals surface area contributed by atoms with Gasteiger partial charge >= 0.3 is 27.7 Å². The zero-order chi connectivity index (χ0) is 41.3. The number of nitrogens with one attached hydrogen (secondary N) is 3. The molecule has 14 nitrogen and oxygen atoms in total. The van der Waals surface area contributed by atoms with E-state index in [-0.39, 0.29) is 24.5 Å². The number of benzene rings is 2. The predicted octanol–water partition coefficient (Wildman–Crippen LogP) is 5.53. The molecule has 3 N–H and O–H groups in total. The SMILES string of the molecule is CC[C@@](C)(Oc1cc(OS(=O)(=O)C(F)(F)F)ccc1OCc1ccccc1)[C@H](NC(=O)[C@@H](NC(=O)OC(C)(C)C)C(C)C)C(=O)NCC(=O)OC(C)(C)C. The molecule has 18 heteroatoms. The van der Waals surface area contributed by atoms with Crippen LogP contribution in [-0.2, 0) is 40.6 Å². The standard InChI is InChI=1S/C36H50F3N3O11S/c1-11-35(10,50-26-19-24(53-54(47,48)36(37,38)39)17-18-25(26)49-21-23-15-13-12-14-16-23)29(31(45)40-20-27(43)51-33(4,5)6)42-30(44)28(22(2)3)41-32(46)52-34(7,8)9/h12-19,22,28-29H,11,20-21H2,1-10H3,(H,40,45)(H,41,46)(H,42,44)/t28-,29+,35+/m0/s1. The van der Waals surface area contributed by atoms with E-state index in [0.717, 1.165) is 18.2 Å². The Bertz CT molecular complexity index is 1720. The van der Waals surface area contributed by atoms with Crippen LogP contribution in [0.4, 0.5) is 18.0 Å². The molecule has 2 aromatic carbocycles. The Morgan fingerprint density at radius 2 is 1.39 bits per heavy atom. The molecule has 0 spiro atoms. The van der Waals surface area contributed by atoms with Crippen LogP contribution in [0.1, 0.15) is 81.2 Å². The van der Waals surface area contributed by atoms with Gasteiger partial charge in [0.2, 0.25) is 11.8 Å². The molecule has 0 heterocycles. The summed E-state index contributed by atoms with van der Waals surface area (Å²) in [6.45, 7) is 15.3. The minimum atomic E-state index is -6.10. The van der Waals surface area contributed by atoms with E-state index in [0.29, 0.717) is 5.56 Å². The van der Waals surface area contributed by atoms with Crippen molar-refractivity contribution in [3.63, 3.8) is 0 Å². The van der Waals surface area contributed by atoms with Crippen molar-refractivity contribution in [3.8, 4) is 17.2 Å². The molecule has 0 saturated heterocycles. The third-order valence-corrected chi connectivity index (χ3v) is 8.27. The molecule has 302 valence electrons. The van der Waals surface area contributed by atoms with Crippen LogP contribution in [0.15, 0.2) is 48.5 Å². The van der Waals surface area contributed by atoms with Crippen LogP contribution in [0.25, 0.3) is 0 Å². The maximum atomic E-state index is 13.9. The van der Waals surface area contributed by atoms with Crippen molar-refractivity contribution in [2.24, 2.45) is 5.92 Å². The largest absolute Gasteiger partial charge is 0.534 e. The van der Waals surface area contributed by atoms with Crippen molar-refractivity contribution in [1.82, 2.24) is 16.0 Å². The number of alkyl halides is 3. The lowest BCUT2D eigenvalue weighted by Crippen LogP contribution is -2.64. The number of carbonyl (C=O) groups excluding carboxylic acids is 4. The molecule has 0 bridgehead atoms. The average Bonchev–Trinajstić information content (AvgIpc) is 3.02. The molecule has 0 saturated carbocycles. The smallest absolute Gasteiger partial charge is 0.485 e. The van der Waals surface area contributed by atoms with Crippen LogP contribution in [0.2, 0.25) is 0 Å². The molecule has 3 amide bonds. The van der Waals surface area contributed by atoms with E-state index < -0.39 is 86.6 Å². The normalized spacial score (nSPS) is 14.5. The van der Waals surface area contributed by atoms with Gasteiger partial charge in [-0.05, 0) is 78.5 Å². The maximum Gasteiger partial charge on any atom is 0.534 e. The molecule has 0 unspecified atom stereocenters. The second-order valence-corrected chi connectivity index (χ2v) is 16.3. The van der Waals surface area contributed by atoms with E-state index in [1.54, 1.807) is 92.6 Å². The number of esters is 1. The lowest BCUT2D eigenvalue weighted by molar-refractivity contribution is -0.155. The molecule has 3 atom stereocenters. The summed E-state index contributed by atoms with van der Waals surface area (Å²) in [6.07, 6.45) is -1.00. The molecule has 54 heavy (non-hydrogen) atoms. The first-order valence-electron chi connectivity index (χ1n) is 17.0. The Hall–Kier alpha value is -4.74. The molecule has 0 aliphatic carbocycles. The van der Waals surface area contributed by atoms with Crippen molar-refractivity contribution >= 4 is 34.0 Å². The summed E-state index contributed by atoms with van der Waals surface area (Å²) in [5.74, 6) is -4.41. The van der Waals surface area contributed by atoms with Crippen LogP contribution in [0, 0.1) is 5.92 Å². The number of halogens is 3. The number of carbonyl (C=O) groups is 4. The van der Waals surface area contributed by atoms with Gasteiger partial charge in [-0.1, -0.05) is 51.1 Å². The number of ether oxygens (including phenoxy) is 4. The van der Waals surface area contributed by atoms with Gasteiger partial charge < -0.3 is 39.1 Å². The minimum absolute atomic E-state index is 0.0654. The fourth-order valence-electron chi connectivity index (χ4n) is 4.57. The van der Waals surface area contributed by atoms with E-state index in [1.165, 1.54) is 6.92 Å². The quantitative estimate of drug-likeness (QED) is 0.110. The van der Waals surface area contributed by atoms with Crippen LogP contribution in [0.3, 0.4) is 0 Å². The lowest BCUT2D eigenvalue weighted by Gasteiger charge is -2.38. The molecule has 0 aliphatic rings. The van der Waals surface area contributed by atoms with Crippen LogP contribution >= 0.6 is 0 Å². The lowest BCUT2D eigenvalue weighted by atomic mass is 9.91.